The van der Waals surface area contributed by atoms with E-state index in [-0.39, 0.29) is 11.1 Å². The van der Waals surface area contributed by atoms with Crippen LogP contribution in [-0.2, 0) is 17.8 Å². The summed E-state index contributed by atoms with van der Waals surface area (Å²) in [5.74, 6) is 0.555. The van der Waals surface area contributed by atoms with Gasteiger partial charge in [0, 0.05) is 27.4 Å². The maximum Gasteiger partial charge on any atom is 0.282 e. The zero-order chi connectivity index (χ0) is 12.7. The molecule has 17 heavy (non-hydrogen) atoms. The Kier molecular flexibility index (Phi) is 3.00. The topological polar surface area (TPSA) is 68.1 Å². The van der Waals surface area contributed by atoms with Gasteiger partial charge in [-0.3, -0.25) is 13.6 Å². The Morgan fingerprint density at radius 1 is 1.35 bits per heavy atom. The van der Waals surface area contributed by atoms with Crippen molar-refractivity contribution in [2.24, 2.45) is 7.05 Å². The lowest BCUT2D eigenvalue weighted by Gasteiger charge is -2.14. The summed E-state index contributed by atoms with van der Waals surface area (Å²) in [4.78, 5) is 22.7. The van der Waals surface area contributed by atoms with Gasteiger partial charge in [-0.15, -0.1) is 0 Å². The highest BCUT2D eigenvalue weighted by molar-refractivity contribution is 7.86. The fourth-order valence-electron chi connectivity index (χ4n) is 1.45. The number of rotatable bonds is 2. The molecule has 0 saturated carbocycles. The lowest BCUT2D eigenvalue weighted by Crippen LogP contribution is -2.26. The normalized spacial score (nSPS) is 12.9. The standard InChI is InChI=1S/C9H12N4O2S2/c1-12(2)8-11-6-5(7(14)13(8)3)10-9(16-6)17(4)15/h1-4H3. The van der Waals surface area contributed by atoms with Crippen LogP contribution in [0.2, 0.25) is 0 Å². The van der Waals surface area contributed by atoms with E-state index in [0.717, 1.165) is 0 Å². The molecule has 92 valence electrons. The molecule has 1 atom stereocenters. The molecule has 0 fully saturated rings. The van der Waals surface area contributed by atoms with Crippen LogP contribution in [0.3, 0.4) is 0 Å². The molecule has 1 unspecified atom stereocenters. The summed E-state index contributed by atoms with van der Waals surface area (Å²) in [6.45, 7) is 0. The molecule has 0 radical (unpaired) electrons. The minimum absolute atomic E-state index is 0.216. The van der Waals surface area contributed by atoms with Crippen molar-refractivity contribution in [3.05, 3.63) is 10.4 Å². The van der Waals surface area contributed by atoms with Crippen LogP contribution in [0.25, 0.3) is 10.3 Å². The van der Waals surface area contributed by atoms with Gasteiger partial charge in [0.1, 0.15) is 0 Å². The maximum absolute atomic E-state index is 12.0. The van der Waals surface area contributed by atoms with E-state index in [4.69, 9.17) is 0 Å². The first-order chi connectivity index (χ1) is 7.91. The Morgan fingerprint density at radius 2 is 2.00 bits per heavy atom. The minimum atomic E-state index is -1.19. The Balaban J connectivity index is 2.82. The van der Waals surface area contributed by atoms with E-state index in [1.807, 2.05) is 14.1 Å². The first-order valence-corrected chi connectivity index (χ1v) is 7.17. The smallest absolute Gasteiger partial charge is 0.282 e. The van der Waals surface area contributed by atoms with Crippen molar-refractivity contribution in [3.8, 4) is 0 Å². The quantitative estimate of drug-likeness (QED) is 0.781. The largest absolute Gasteiger partial charge is 0.348 e. The summed E-state index contributed by atoms with van der Waals surface area (Å²) in [6, 6.07) is 0. The highest BCUT2D eigenvalue weighted by atomic mass is 32.2. The van der Waals surface area contributed by atoms with Gasteiger partial charge in [0.15, 0.2) is 14.7 Å². The van der Waals surface area contributed by atoms with Crippen LogP contribution < -0.4 is 10.5 Å². The van der Waals surface area contributed by atoms with Crippen LogP contribution >= 0.6 is 11.3 Å². The maximum atomic E-state index is 12.0. The van der Waals surface area contributed by atoms with Gasteiger partial charge in [-0.2, -0.15) is 0 Å². The molecule has 0 aliphatic rings. The number of fused-ring (bicyclic) bond motifs is 1. The van der Waals surface area contributed by atoms with Gasteiger partial charge in [-0.1, -0.05) is 11.3 Å². The highest BCUT2D eigenvalue weighted by Gasteiger charge is 2.15. The molecular formula is C9H12N4O2S2. The van der Waals surface area contributed by atoms with Crippen LogP contribution in [0.5, 0.6) is 0 Å². The second-order valence-corrected chi connectivity index (χ2v) is 6.29. The predicted molar refractivity (Wildman–Crippen MR) is 69.3 cm³/mol. The fourth-order valence-corrected chi connectivity index (χ4v) is 3.03. The van der Waals surface area contributed by atoms with Crippen molar-refractivity contribution in [3.63, 3.8) is 0 Å². The monoisotopic (exact) mass is 272 g/mol. The molecular weight excluding hydrogens is 260 g/mol. The second-order valence-electron chi connectivity index (χ2n) is 3.76. The first kappa shape index (κ1) is 12.2. The van der Waals surface area contributed by atoms with Crippen molar-refractivity contribution in [1.29, 1.82) is 0 Å². The molecule has 2 rings (SSSR count). The van der Waals surface area contributed by atoms with Gasteiger partial charge in [-0.05, 0) is 0 Å². The summed E-state index contributed by atoms with van der Waals surface area (Å²) in [5.41, 5.74) is 0.0694. The number of hydrogen-bond acceptors (Lipinski definition) is 6. The van der Waals surface area contributed by atoms with Crippen molar-refractivity contribution in [2.75, 3.05) is 25.3 Å². The highest BCUT2D eigenvalue weighted by Crippen LogP contribution is 2.21. The predicted octanol–water partition coefficient (Wildman–Crippen LogP) is 0.193. The number of anilines is 1. The molecule has 2 heterocycles. The minimum Gasteiger partial charge on any atom is -0.348 e. The van der Waals surface area contributed by atoms with Gasteiger partial charge in [-0.25, -0.2) is 9.97 Å². The zero-order valence-electron chi connectivity index (χ0n) is 9.92. The van der Waals surface area contributed by atoms with Gasteiger partial charge in [0.25, 0.3) is 5.56 Å². The lowest BCUT2D eigenvalue weighted by atomic mass is 10.5. The van der Waals surface area contributed by atoms with E-state index in [1.165, 1.54) is 22.2 Å². The molecule has 0 bridgehead atoms. The molecule has 2 aromatic rings. The third kappa shape index (κ3) is 1.98. The van der Waals surface area contributed by atoms with E-state index in [2.05, 4.69) is 9.97 Å². The van der Waals surface area contributed by atoms with Crippen molar-refractivity contribution in [1.82, 2.24) is 14.5 Å². The molecule has 0 amide bonds. The van der Waals surface area contributed by atoms with Crippen LogP contribution in [0.15, 0.2) is 9.13 Å². The summed E-state index contributed by atoms with van der Waals surface area (Å²) >= 11 is 1.20. The van der Waals surface area contributed by atoms with E-state index >= 15 is 0 Å². The van der Waals surface area contributed by atoms with Gasteiger partial charge < -0.3 is 4.90 Å². The first-order valence-electron chi connectivity index (χ1n) is 4.80. The Bertz CT molecular complexity index is 659. The summed E-state index contributed by atoms with van der Waals surface area (Å²) < 4.78 is 13.2. The number of aromatic nitrogens is 3. The van der Waals surface area contributed by atoms with Crippen molar-refractivity contribution < 1.29 is 4.21 Å². The molecule has 0 N–H and O–H groups in total. The molecule has 2 aromatic heterocycles. The van der Waals surface area contributed by atoms with Gasteiger partial charge >= 0.3 is 0 Å². The Labute approximate surface area is 104 Å². The van der Waals surface area contributed by atoms with Crippen LogP contribution in [0, 0.1) is 0 Å². The number of nitrogens with zero attached hydrogens (tertiary/aromatic N) is 4. The summed E-state index contributed by atoms with van der Waals surface area (Å²) in [5, 5.41) is 0. The number of hydrogen-bond donors (Lipinski definition) is 0. The summed E-state index contributed by atoms with van der Waals surface area (Å²) in [6.07, 6.45) is 1.54. The van der Waals surface area contributed by atoms with Crippen molar-refractivity contribution in [2.45, 2.75) is 4.34 Å². The van der Waals surface area contributed by atoms with Gasteiger partial charge in [0.05, 0.1) is 10.8 Å². The molecule has 8 heteroatoms. The van der Waals surface area contributed by atoms with Crippen LogP contribution in [-0.4, -0.2) is 39.1 Å². The zero-order valence-corrected chi connectivity index (χ0v) is 11.6. The molecule has 0 spiro atoms. The third-order valence-corrected chi connectivity index (χ3v) is 4.53. The van der Waals surface area contributed by atoms with E-state index in [0.29, 0.717) is 15.1 Å². The summed E-state index contributed by atoms with van der Waals surface area (Å²) in [7, 11) is 4.08. The molecule has 0 saturated heterocycles. The molecule has 0 aliphatic carbocycles. The Hall–Kier alpha value is -1.28. The van der Waals surface area contributed by atoms with Crippen LogP contribution in [0.4, 0.5) is 5.95 Å². The van der Waals surface area contributed by atoms with E-state index in [1.54, 1.807) is 11.9 Å². The SMILES string of the molecule is CN(C)c1nc2sc(S(C)=O)nc2c(=O)n1C. The average molecular weight is 272 g/mol. The number of thiazole rings is 1. The molecule has 0 aliphatic heterocycles. The fraction of sp³-hybridized carbons (Fsp3) is 0.444. The second kappa shape index (κ2) is 4.19. The van der Waals surface area contributed by atoms with Crippen LogP contribution in [0.1, 0.15) is 0 Å². The Morgan fingerprint density at radius 3 is 2.53 bits per heavy atom. The van der Waals surface area contributed by atoms with E-state index in [9.17, 15) is 9.00 Å². The molecule has 6 nitrogen and oxygen atoms in total. The van der Waals surface area contributed by atoms with E-state index < -0.39 is 10.8 Å². The van der Waals surface area contributed by atoms with Crippen molar-refractivity contribution >= 4 is 38.4 Å². The van der Waals surface area contributed by atoms with Gasteiger partial charge in [0.2, 0.25) is 5.95 Å². The average Bonchev–Trinajstić information content (AvgIpc) is 2.67. The molecule has 0 aromatic carbocycles. The lowest BCUT2D eigenvalue weighted by molar-refractivity contribution is 0.686. The third-order valence-electron chi connectivity index (χ3n) is 2.24.